The van der Waals surface area contributed by atoms with Gasteiger partial charge in [0.05, 0.1) is 11.2 Å². The Bertz CT molecular complexity index is 432. The van der Waals surface area contributed by atoms with E-state index in [1.807, 2.05) is 0 Å². The van der Waals surface area contributed by atoms with Crippen molar-refractivity contribution in [2.24, 2.45) is 0 Å². The van der Waals surface area contributed by atoms with Gasteiger partial charge in [-0.25, -0.2) is 4.98 Å². The third kappa shape index (κ3) is 3.28. The molecule has 0 saturated heterocycles. The second kappa shape index (κ2) is 4.95. The number of rotatable bonds is 4. The Labute approximate surface area is 107 Å². The van der Waals surface area contributed by atoms with Crippen LogP contribution >= 0.6 is 0 Å². The van der Waals surface area contributed by atoms with Crippen molar-refractivity contribution in [3.8, 4) is 0 Å². The smallest absolute Gasteiger partial charge is 0.423 e. The first-order valence-electron chi connectivity index (χ1n) is 5.75. The fraction of sp³-hybridized carbons (Fsp3) is 0.583. The molecule has 6 heteroatoms. The van der Waals surface area contributed by atoms with E-state index >= 15 is 0 Å². The Morgan fingerprint density at radius 3 is 2.39 bits per heavy atom. The summed E-state index contributed by atoms with van der Waals surface area (Å²) >= 11 is 0. The van der Waals surface area contributed by atoms with Crippen LogP contribution in [0.3, 0.4) is 0 Å². The van der Waals surface area contributed by atoms with E-state index < -0.39 is 24.3 Å². The predicted octanol–water partition coefficient (Wildman–Crippen LogP) is 0.783. The molecular formula is C12H19BFNO3. The van der Waals surface area contributed by atoms with E-state index in [4.69, 9.17) is 4.65 Å². The van der Waals surface area contributed by atoms with E-state index in [0.717, 1.165) is 5.56 Å². The van der Waals surface area contributed by atoms with Gasteiger partial charge in [-0.2, -0.15) is 4.39 Å². The van der Waals surface area contributed by atoms with E-state index in [2.05, 4.69) is 4.98 Å². The molecule has 0 atom stereocenters. The summed E-state index contributed by atoms with van der Waals surface area (Å²) in [6.07, 6.45) is 1.37. The first-order chi connectivity index (χ1) is 8.04. The highest BCUT2D eigenvalue weighted by atomic mass is 19.1. The molecule has 0 aromatic carbocycles. The van der Waals surface area contributed by atoms with Crippen LogP contribution in [0.1, 0.15) is 33.3 Å². The summed E-state index contributed by atoms with van der Waals surface area (Å²) < 4.78 is 18.8. The van der Waals surface area contributed by atoms with Crippen LogP contribution in [0.15, 0.2) is 12.3 Å². The van der Waals surface area contributed by atoms with Gasteiger partial charge in [-0.15, -0.1) is 0 Å². The highest BCUT2D eigenvalue weighted by molar-refractivity contribution is 6.60. The molecule has 0 unspecified atom stereocenters. The minimum atomic E-state index is -1.47. The number of hydrogen-bond donors (Lipinski definition) is 2. The van der Waals surface area contributed by atoms with Crippen LogP contribution in [-0.2, 0) is 4.65 Å². The van der Waals surface area contributed by atoms with E-state index in [9.17, 15) is 14.5 Å². The van der Waals surface area contributed by atoms with Crippen molar-refractivity contribution in [1.82, 2.24) is 4.98 Å². The second-order valence-corrected chi connectivity index (χ2v) is 5.43. The Balaban J connectivity index is 2.95. The lowest BCUT2D eigenvalue weighted by atomic mass is 9.76. The fourth-order valence-corrected chi connectivity index (χ4v) is 1.24. The molecule has 0 radical (unpaired) electrons. The van der Waals surface area contributed by atoms with Crippen LogP contribution in [0, 0.1) is 12.9 Å². The van der Waals surface area contributed by atoms with Gasteiger partial charge in [0.2, 0.25) is 5.95 Å². The van der Waals surface area contributed by atoms with E-state index in [0.29, 0.717) is 0 Å². The SMILES string of the molecule is Cc1cnc(F)c(B(O)OC(C)(C)C(C)(C)O)c1. The Morgan fingerprint density at radius 1 is 1.33 bits per heavy atom. The first kappa shape index (κ1) is 15.1. The van der Waals surface area contributed by atoms with Crippen LogP contribution in [0.2, 0.25) is 0 Å². The van der Waals surface area contributed by atoms with Gasteiger partial charge in [0, 0.05) is 11.7 Å². The highest BCUT2D eigenvalue weighted by Gasteiger charge is 2.40. The number of aliphatic hydroxyl groups is 1. The molecule has 18 heavy (non-hydrogen) atoms. The van der Waals surface area contributed by atoms with Crippen molar-refractivity contribution < 1.29 is 19.2 Å². The molecule has 4 nitrogen and oxygen atoms in total. The quantitative estimate of drug-likeness (QED) is 0.616. The largest absolute Gasteiger partial charge is 0.496 e. The van der Waals surface area contributed by atoms with Crippen LogP contribution in [0.25, 0.3) is 0 Å². The summed E-state index contributed by atoms with van der Waals surface area (Å²) in [5.41, 5.74) is -1.54. The Morgan fingerprint density at radius 2 is 1.89 bits per heavy atom. The summed E-state index contributed by atoms with van der Waals surface area (Å²) in [5, 5.41) is 19.8. The number of aromatic nitrogens is 1. The van der Waals surface area contributed by atoms with E-state index in [1.54, 1.807) is 34.6 Å². The molecule has 0 aliphatic rings. The lowest BCUT2D eigenvalue weighted by Gasteiger charge is -2.38. The third-order valence-corrected chi connectivity index (χ3v) is 3.15. The lowest BCUT2D eigenvalue weighted by molar-refractivity contribution is -0.0983. The summed E-state index contributed by atoms with van der Waals surface area (Å²) in [4.78, 5) is 3.52. The summed E-state index contributed by atoms with van der Waals surface area (Å²) in [5.74, 6) is -0.778. The van der Waals surface area contributed by atoms with Gasteiger partial charge in [-0.05, 0) is 40.2 Å². The molecule has 1 heterocycles. The number of halogens is 1. The molecule has 0 amide bonds. The minimum absolute atomic E-state index is 0.0349. The lowest BCUT2D eigenvalue weighted by Crippen LogP contribution is -2.53. The Hall–Kier alpha value is -0.975. The number of aryl methyl sites for hydroxylation is 1. The molecule has 0 aliphatic heterocycles. The highest BCUT2D eigenvalue weighted by Crippen LogP contribution is 2.25. The topological polar surface area (TPSA) is 62.6 Å². The first-order valence-corrected chi connectivity index (χ1v) is 5.75. The zero-order chi connectivity index (χ0) is 14.1. The van der Waals surface area contributed by atoms with Gasteiger partial charge in [-0.3, -0.25) is 0 Å². The van der Waals surface area contributed by atoms with Crippen molar-refractivity contribution in [3.05, 3.63) is 23.8 Å². The molecule has 0 bridgehead atoms. The van der Waals surface area contributed by atoms with Gasteiger partial charge in [0.1, 0.15) is 0 Å². The van der Waals surface area contributed by atoms with E-state index in [-0.39, 0.29) is 5.46 Å². The van der Waals surface area contributed by atoms with E-state index in [1.165, 1.54) is 12.3 Å². The molecule has 0 aliphatic carbocycles. The monoisotopic (exact) mass is 255 g/mol. The summed E-state index contributed by atoms with van der Waals surface area (Å²) in [7, 11) is -1.47. The number of nitrogens with zero attached hydrogens (tertiary/aromatic N) is 1. The number of hydrogen-bond acceptors (Lipinski definition) is 4. The van der Waals surface area contributed by atoms with Crippen molar-refractivity contribution in [2.45, 2.75) is 45.8 Å². The second-order valence-electron chi connectivity index (χ2n) is 5.43. The molecule has 0 saturated carbocycles. The molecule has 0 spiro atoms. The van der Waals surface area contributed by atoms with Gasteiger partial charge in [-0.1, -0.05) is 6.07 Å². The average molecular weight is 255 g/mol. The fourth-order valence-electron chi connectivity index (χ4n) is 1.24. The Kier molecular flexibility index (Phi) is 4.15. The maximum absolute atomic E-state index is 13.5. The van der Waals surface area contributed by atoms with Gasteiger partial charge in [0.25, 0.3) is 0 Å². The normalized spacial score (nSPS) is 12.7. The van der Waals surface area contributed by atoms with Crippen LogP contribution in [0.5, 0.6) is 0 Å². The van der Waals surface area contributed by atoms with Crippen molar-refractivity contribution in [1.29, 1.82) is 0 Å². The maximum Gasteiger partial charge on any atom is 0.496 e. The zero-order valence-corrected chi connectivity index (χ0v) is 11.4. The maximum atomic E-state index is 13.5. The number of pyridine rings is 1. The van der Waals surface area contributed by atoms with Gasteiger partial charge in [0.15, 0.2) is 0 Å². The molecular weight excluding hydrogens is 236 g/mol. The van der Waals surface area contributed by atoms with Crippen molar-refractivity contribution >= 4 is 12.6 Å². The van der Waals surface area contributed by atoms with Crippen LogP contribution in [0.4, 0.5) is 4.39 Å². The molecule has 2 N–H and O–H groups in total. The van der Waals surface area contributed by atoms with Gasteiger partial charge < -0.3 is 14.8 Å². The third-order valence-electron chi connectivity index (χ3n) is 3.15. The molecule has 100 valence electrons. The standard InChI is InChI=1S/C12H19BFNO3/c1-8-6-9(10(14)15-7-8)13(17)18-12(4,5)11(2,3)16/h6-7,16-17H,1-5H3. The summed E-state index contributed by atoms with van der Waals surface area (Å²) in [6.45, 7) is 8.10. The molecule has 1 aromatic rings. The minimum Gasteiger partial charge on any atom is -0.423 e. The summed E-state index contributed by atoms with van der Waals surface area (Å²) in [6, 6.07) is 1.47. The molecule has 0 fully saturated rings. The predicted molar refractivity (Wildman–Crippen MR) is 68.0 cm³/mol. The molecule has 1 aromatic heterocycles. The van der Waals surface area contributed by atoms with Crippen molar-refractivity contribution in [2.75, 3.05) is 0 Å². The van der Waals surface area contributed by atoms with Gasteiger partial charge >= 0.3 is 7.12 Å². The van der Waals surface area contributed by atoms with Crippen LogP contribution in [-0.4, -0.2) is 33.4 Å². The average Bonchev–Trinajstić information content (AvgIpc) is 2.19. The molecule has 1 rings (SSSR count). The zero-order valence-electron chi connectivity index (χ0n) is 11.4. The van der Waals surface area contributed by atoms with Crippen LogP contribution < -0.4 is 5.46 Å². The van der Waals surface area contributed by atoms with Crippen molar-refractivity contribution in [3.63, 3.8) is 0 Å².